The lowest BCUT2D eigenvalue weighted by Crippen LogP contribution is -2.30. The van der Waals surface area contributed by atoms with Crippen LogP contribution in [0.4, 0.5) is 0 Å². The lowest BCUT2D eigenvalue weighted by atomic mass is 9.70. The molecule has 0 spiro atoms. The molecule has 0 atom stereocenters. The Morgan fingerprint density at radius 2 is 2.12 bits per heavy atom. The van der Waals surface area contributed by atoms with Crippen molar-refractivity contribution in [1.82, 2.24) is 4.98 Å². The van der Waals surface area contributed by atoms with Crippen molar-refractivity contribution in [2.75, 3.05) is 6.61 Å². The van der Waals surface area contributed by atoms with Gasteiger partial charge in [-0.3, -0.25) is 4.79 Å². The van der Waals surface area contributed by atoms with Crippen molar-refractivity contribution in [3.8, 4) is 0 Å². The number of carbonyl (C=O) groups excluding carboxylic acids is 1. The molecule has 0 unspecified atom stereocenters. The summed E-state index contributed by atoms with van der Waals surface area (Å²) in [7, 11) is 0. The minimum Gasteiger partial charge on any atom is -0.392 e. The highest BCUT2D eigenvalue weighted by molar-refractivity contribution is 9.10. The number of aliphatic hydroxyl groups is 1. The van der Waals surface area contributed by atoms with Gasteiger partial charge in [-0.15, -0.1) is 6.58 Å². The maximum atomic E-state index is 13.2. The van der Waals surface area contributed by atoms with Crippen LogP contribution in [-0.4, -0.2) is 22.5 Å². The van der Waals surface area contributed by atoms with Gasteiger partial charge in [0.15, 0.2) is 5.78 Å². The van der Waals surface area contributed by atoms with Crippen LogP contribution >= 0.6 is 15.9 Å². The highest BCUT2D eigenvalue weighted by atomic mass is 79.9. The van der Waals surface area contributed by atoms with E-state index in [9.17, 15) is 4.79 Å². The predicted molar refractivity (Wildman–Crippen MR) is 101 cm³/mol. The van der Waals surface area contributed by atoms with Gasteiger partial charge in [-0.25, -0.2) is 0 Å². The molecule has 0 radical (unpaired) electrons. The van der Waals surface area contributed by atoms with Crippen LogP contribution in [0, 0.1) is 0 Å². The Bertz CT molecular complexity index is 900. The number of benzene rings is 1. The average molecular weight is 386 g/mol. The Morgan fingerprint density at radius 1 is 1.38 bits per heavy atom. The zero-order chi connectivity index (χ0) is 17.5. The number of hydrogen-bond donors (Lipinski definition) is 2. The summed E-state index contributed by atoms with van der Waals surface area (Å²) in [5.41, 5.74) is 3.93. The van der Waals surface area contributed by atoms with Crippen LogP contribution in [0.2, 0.25) is 0 Å². The van der Waals surface area contributed by atoms with Crippen LogP contribution in [0.5, 0.6) is 0 Å². The molecule has 1 aromatic carbocycles. The van der Waals surface area contributed by atoms with E-state index < -0.39 is 0 Å². The smallest absolute Gasteiger partial charge is 0.192 e. The molecule has 2 N–H and O–H groups in total. The molecule has 0 aliphatic heterocycles. The Balaban J connectivity index is 2.33. The fraction of sp³-hybridized carbons (Fsp3) is 0.250. The van der Waals surface area contributed by atoms with Gasteiger partial charge < -0.3 is 10.1 Å². The molecule has 0 fully saturated rings. The quantitative estimate of drug-likeness (QED) is 0.740. The van der Waals surface area contributed by atoms with Gasteiger partial charge in [0, 0.05) is 32.1 Å². The van der Waals surface area contributed by atoms with Gasteiger partial charge in [-0.05, 0) is 24.1 Å². The second-order valence-electron chi connectivity index (χ2n) is 6.49. The van der Waals surface area contributed by atoms with Crippen LogP contribution in [0.3, 0.4) is 0 Å². The molecule has 0 saturated carbocycles. The molecule has 4 heteroatoms. The second-order valence-corrected chi connectivity index (χ2v) is 7.40. The normalized spacial score (nSPS) is 16.9. The first-order valence-corrected chi connectivity index (χ1v) is 8.69. The molecule has 2 aromatic rings. The zero-order valence-electron chi connectivity index (χ0n) is 13.8. The van der Waals surface area contributed by atoms with E-state index in [4.69, 9.17) is 5.11 Å². The summed E-state index contributed by atoms with van der Waals surface area (Å²) in [5, 5.41) is 10.1. The minimum absolute atomic E-state index is 0.0374. The maximum absolute atomic E-state index is 13.2. The number of aromatic nitrogens is 1. The molecular formula is C20H20BrNO2. The largest absolute Gasteiger partial charge is 0.392 e. The monoisotopic (exact) mass is 385 g/mol. The van der Waals surface area contributed by atoms with Crippen molar-refractivity contribution in [2.24, 2.45) is 0 Å². The van der Waals surface area contributed by atoms with E-state index in [1.54, 1.807) is 12.2 Å². The maximum Gasteiger partial charge on any atom is 0.192 e. The summed E-state index contributed by atoms with van der Waals surface area (Å²) >= 11 is 3.48. The van der Waals surface area contributed by atoms with E-state index in [0.29, 0.717) is 6.42 Å². The lowest BCUT2D eigenvalue weighted by molar-refractivity contribution is 0.102. The zero-order valence-corrected chi connectivity index (χ0v) is 15.4. The number of aromatic amines is 1. The SMILES string of the molecule is C=CCC1=C(/C=C\CO)C(C)(C)c2[nH]c3cc(Br)ccc3c2C1=O. The van der Waals surface area contributed by atoms with Crippen molar-refractivity contribution in [3.05, 3.63) is 69.9 Å². The number of Topliss-reactive ketones (excluding diaryl/α,β-unsaturated/α-hetero) is 1. The molecule has 1 aliphatic carbocycles. The van der Waals surface area contributed by atoms with Gasteiger partial charge in [0.25, 0.3) is 0 Å². The molecular weight excluding hydrogens is 366 g/mol. The number of allylic oxidation sites excluding steroid dienone is 4. The highest BCUT2D eigenvalue weighted by Gasteiger charge is 2.39. The molecule has 3 rings (SSSR count). The number of ketones is 1. The van der Waals surface area contributed by atoms with E-state index in [1.165, 1.54) is 0 Å². The number of hydrogen-bond acceptors (Lipinski definition) is 2. The highest BCUT2D eigenvalue weighted by Crippen LogP contribution is 2.45. The first-order valence-electron chi connectivity index (χ1n) is 7.90. The van der Waals surface area contributed by atoms with Crippen molar-refractivity contribution in [3.63, 3.8) is 0 Å². The third-order valence-electron chi connectivity index (χ3n) is 4.62. The first-order chi connectivity index (χ1) is 11.4. The molecule has 1 heterocycles. The second kappa shape index (κ2) is 6.19. The number of carbonyl (C=O) groups is 1. The number of H-pyrrole nitrogens is 1. The van der Waals surface area contributed by atoms with Crippen LogP contribution in [0.1, 0.15) is 36.3 Å². The summed E-state index contributed by atoms with van der Waals surface area (Å²) in [5.74, 6) is 0.0374. The summed E-state index contributed by atoms with van der Waals surface area (Å²) in [6, 6.07) is 5.92. The van der Waals surface area contributed by atoms with E-state index >= 15 is 0 Å². The van der Waals surface area contributed by atoms with Gasteiger partial charge in [-0.1, -0.05) is 54.1 Å². The number of rotatable bonds is 4. The molecule has 0 bridgehead atoms. The van der Waals surface area contributed by atoms with E-state index in [-0.39, 0.29) is 17.8 Å². The van der Waals surface area contributed by atoms with E-state index in [2.05, 4.69) is 41.3 Å². The van der Waals surface area contributed by atoms with Crippen molar-refractivity contribution >= 4 is 32.6 Å². The minimum atomic E-state index is -0.362. The Kier molecular flexibility index (Phi) is 4.37. The third-order valence-corrected chi connectivity index (χ3v) is 5.12. The number of nitrogens with one attached hydrogen (secondary N) is 1. The van der Waals surface area contributed by atoms with Gasteiger partial charge in [0.05, 0.1) is 12.2 Å². The number of fused-ring (bicyclic) bond motifs is 3. The van der Waals surface area contributed by atoms with E-state index in [0.717, 1.165) is 37.8 Å². The van der Waals surface area contributed by atoms with Gasteiger partial charge >= 0.3 is 0 Å². The van der Waals surface area contributed by atoms with Crippen LogP contribution < -0.4 is 0 Å². The summed E-state index contributed by atoms with van der Waals surface area (Å²) < 4.78 is 0.971. The predicted octanol–water partition coefficient (Wildman–Crippen LogP) is 4.83. The molecule has 1 aromatic heterocycles. The molecule has 3 nitrogen and oxygen atoms in total. The number of halogens is 1. The molecule has 1 aliphatic rings. The molecule has 0 saturated heterocycles. The third kappa shape index (κ3) is 2.50. The topological polar surface area (TPSA) is 53.1 Å². The Labute approximate surface area is 149 Å². The Morgan fingerprint density at radius 3 is 2.79 bits per heavy atom. The lowest BCUT2D eigenvalue weighted by Gasteiger charge is -2.33. The van der Waals surface area contributed by atoms with Crippen LogP contribution in [0.25, 0.3) is 10.9 Å². The Hall–Kier alpha value is -1.91. The van der Waals surface area contributed by atoms with Crippen molar-refractivity contribution < 1.29 is 9.90 Å². The molecule has 0 amide bonds. The summed E-state index contributed by atoms with van der Waals surface area (Å²) in [6.07, 6.45) is 5.81. The number of aliphatic hydroxyl groups excluding tert-OH is 1. The van der Waals surface area contributed by atoms with Gasteiger partial charge in [-0.2, -0.15) is 0 Å². The van der Waals surface area contributed by atoms with Crippen LogP contribution in [-0.2, 0) is 5.41 Å². The summed E-state index contributed by atoms with van der Waals surface area (Å²) in [4.78, 5) is 16.6. The molecule has 124 valence electrons. The fourth-order valence-electron chi connectivity index (χ4n) is 3.49. The van der Waals surface area contributed by atoms with Crippen molar-refractivity contribution in [1.29, 1.82) is 0 Å². The fourth-order valence-corrected chi connectivity index (χ4v) is 3.85. The summed E-state index contributed by atoms with van der Waals surface area (Å²) in [6.45, 7) is 7.94. The standard InChI is InChI=1S/C20H20BrNO2/c1-4-6-13-15(7-5-10-23)20(2,3)19-17(18(13)24)14-9-8-12(21)11-16(14)22-19/h4-5,7-9,11,22-23H,1,6,10H2,2-3H3/b7-5-. The van der Waals surface area contributed by atoms with Gasteiger partial charge in [0.2, 0.25) is 0 Å². The van der Waals surface area contributed by atoms with E-state index in [1.807, 2.05) is 24.3 Å². The van der Waals surface area contributed by atoms with Gasteiger partial charge in [0.1, 0.15) is 0 Å². The molecule has 24 heavy (non-hydrogen) atoms. The average Bonchev–Trinajstić information content (AvgIpc) is 2.92. The first kappa shape index (κ1) is 16.9. The van der Waals surface area contributed by atoms with Crippen molar-refractivity contribution in [2.45, 2.75) is 25.7 Å². The van der Waals surface area contributed by atoms with Crippen LogP contribution in [0.15, 0.2) is 58.6 Å².